The van der Waals surface area contributed by atoms with Gasteiger partial charge in [0.15, 0.2) is 0 Å². The lowest BCUT2D eigenvalue weighted by molar-refractivity contribution is -0.144. The fourth-order valence-corrected chi connectivity index (χ4v) is 7.40. The fourth-order valence-electron chi connectivity index (χ4n) is 6.67. The van der Waals surface area contributed by atoms with Crippen molar-refractivity contribution in [2.75, 3.05) is 32.7 Å². The first-order chi connectivity index (χ1) is 18.3. The minimum absolute atomic E-state index is 0.112. The molecule has 3 heterocycles. The zero-order chi connectivity index (χ0) is 26.7. The topological polar surface area (TPSA) is 43.8 Å². The monoisotopic (exact) mass is 548 g/mol. The first kappa shape index (κ1) is 27.7. The smallest absolute Gasteiger partial charge is 0.320 e. The second-order valence-corrected chi connectivity index (χ2v) is 12.5. The molecule has 3 fully saturated rings. The predicted octanol–water partition coefficient (Wildman–Crippen LogP) is 6.83. The third-order valence-corrected chi connectivity index (χ3v) is 9.98. The van der Waals surface area contributed by atoms with Crippen LogP contribution in [-0.2, 0) is 10.7 Å². The van der Waals surface area contributed by atoms with Crippen molar-refractivity contribution in [3.63, 3.8) is 0 Å². The van der Waals surface area contributed by atoms with Crippen molar-refractivity contribution in [1.29, 1.82) is 0 Å². The van der Waals surface area contributed by atoms with Crippen molar-refractivity contribution in [2.45, 2.75) is 69.2 Å². The van der Waals surface area contributed by atoms with Crippen LogP contribution in [-0.4, -0.2) is 59.6 Å². The van der Waals surface area contributed by atoms with Crippen LogP contribution in [0.1, 0.15) is 68.4 Å². The van der Waals surface area contributed by atoms with Gasteiger partial charge in [0.25, 0.3) is 5.92 Å². The average molecular weight is 549 g/mol. The Balaban J connectivity index is 1.15. The molecule has 4 nitrogen and oxygen atoms in total. The highest BCUT2D eigenvalue weighted by atomic mass is 32.1. The molecule has 0 amide bonds. The van der Waals surface area contributed by atoms with E-state index in [2.05, 4.69) is 26.6 Å². The molecule has 208 valence electrons. The molecule has 5 rings (SSSR count). The summed E-state index contributed by atoms with van der Waals surface area (Å²) >= 11 is 1.69. The van der Waals surface area contributed by atoms with Gasteiger partial charge in [0, 0.05) is 37.5 Å². The van der Waals surface area contributed by atoms with E-state index in [9.17, 15) is 23.1 Å². The quantitative estimate of drug-likeness (QED) is 0.334. The maximum atomic E-state index is 14.7. The zero-order valence-electron chi connectivity index (χ0n) is 21.9. The van der Waals surface area contributed by atoms with Crippen LogP contribution in [0.15, 0.2) is 41.1 Å². The molecule has 8 heteroatoms. The molecular formula is C30H39F3N2O2S. The number of carbonyl (C=O) groups is 1. The number of benzene rings is 1. The lowest BCUT2D eigenvalue weighted by Crippen LogP contribution is -2.43. The molecule has 2 aliphatic heterocycles. The highest BCUT2D eigenvalue weighted by Crippen LogP contribution is 2.40. The van der Waals surface area contributed by atoms with E-state index in [-0.39, 0.29) is 17.9 Å². The third-order valence-electron chi connectivity index (χ3n) is 9.28. The fraction of sp³-hybridized carbons (Fsp3) is 0.633. The summed E-state index contributed by atoms with van der Waals surface area (Å²) < 4.78 is 42.4. The lowest BCUT2D eigenvalue weighted by atomic mass is 9.80. The summed E-state index contributed by atoms with van der Waals surface area (Å²) in [6, 6.07) is 6.35. The van der Waals surface area contributed by atoms with Gasteiger partial charge in [-0.05, 0) is 91.0 Å². The highest BCUT2D eigenvalue weighted by molar-refractivity contribution is 7.08. The molecule has 1 saturated carbocycles. The number of alkyl halides is 2. The second-order valence-electron chi connectivity index (χ2n) is 11.8. The Morgan fingerprint density at radius 1 is 1.05 bits per heavy atom. The van der Waals surface area contributed by atoms with Crippen LogP contribution >= 0.6 is 11.3 Å². The number of likely N-dealkylation sites (tertiary alicyclic amines) is 2. The molecule has 3 atom stereocenters. The van der Waals surface area contributed by atoms with Crippen molar-refractivity contribution in [1.82, 2.24) is 9.80 Å². The molecule has 0 bridgehead atoms. The van der Waals surface area contributed by atoms with Crippen LogP contribution in [0.2, 0.25) is 0 Å². The number of piperidine rings is 1. The summed E-state index contributed by atoms with van der Waals surface area (Å²) in [7, 11) is 0. The van der Waals surface area contributed by atoms with Gasteiger partial charge in [-0.15, -0.1) is 0 Å². The van der Waals surface area contributed by atoms with Gasteiger partial charge < -0.3 is 10.0 Å². The molecule has 0 radical (unpaired) electrons. The number of hydrogen-bond acceptors (Lipinski definition) is 4. The van der Waals surface area contributed by atoms with Gasteiger partial charge >= 0.3 is 5.97 Å². The number of aliphatic carboxylic acids is 1. The van der Waals surface area contributed by atoms with Crippen LogP contribution < -0.4 is 0 Å². The number of carboxylic acids is 1. The van der Waals surface area contributed by atoms with E-state index < -0.39 is 23.8 Å². The summed E-state index contributed by atoms with van der Waals surface area (Å²) in [6.45, 7) is 4.30. The van der Waals surface area contributed by atoms with E-state index in [1.54, 1.807) is 11.3 Å². The van der Waals surface area contributed by atoms with Crippen molar-refractivity contribution in [3.8, 4) is 0 Å². The van der Waals surface area contributed by atoms with Gasteiger partial charge in [-0.1, -0.05) is 31.4 Å². The zero-order valence-corrected chi connectivity index (χ0v) is 22.7. The first-order valence-electron chi connectivity index (χ1n) is 14.1. The molecule has 2 saturated heterocycles. The molecule has 3 unspecified atom stereocenters. The van der Waals surface area contributed by atoms with Crippen LogP contribution in [0.4, 0.5) is 13.2 Å². The van der Waals surface area contributed by atoms with Crippen molar-refractivity contribution < 1.29 is 23.1 Å². The van der Waals surface area contributed by atoms with E-state index in [0.717, 1.165) is 77.0 Å². The summed E-state index contributed by atoms with van der Waals surface area (Å²) in [5.74, 6) is -2.62. The van der Waals surface area contributed by atoms with Gasteiger partial charge in [-0.25, -0.2) is 13.2 Å². The molecule has 1 N–H and O–H groups in total. The highest BCUT2D eigenvalue weighted by Gasteiger charge is 2.42. The molecule has 3 aliphatic rings. The first-order valence-corrected chi connectivity index (χ1v) is 15.1. The molecule has 38 heavy (non-hydrogen) atoms. The Kier molecular flexibility index (Phi) is 8.80. The summed E-state index contributed by atoms with van der Waals surface area (Å²) in [5, 5.41) is 14.3. The minimum Gasteiger partial charge on any atom is -0.480 e. The van der Waals surface area contributed by atoms with Gasteiger partial charge in [-0.3, -0.25) is 9.69 Å². The van der Waals surface area contributed by atoms with E-state index in [1.807, 2.05) is 0 Å². The SMILES string of the molecule is O=C(O)C(CC1CCC1)N1CC(CN2CCC(CCC(F)(F)c3ccc(F)cc3)CC2)C(c2ccsc2)C1. The molecule has 1 aromatic heterocycles. The maximum absolute atomic E-state index is 14.7. The molecule has 2 aromatic rings. The van der Waals surface area contributed by atoms with Crippen LogP contribution in [0.25, 0.3) is 0 Å². The molecule has 1 aromatic carbocycles. The Morgan fingerprint density at radius 3 is 2.39 bits per heavy atom. The number of nitrogens with zero attached hydrogens (tertiary/aromatic N) is 2. The number of halogens is 3. The summed E-state index contributed by atoms with van der Waals surface area (Å²) in [6.07, 6.45) is 6.34. The van der Waals surface area contributed by atoms with Crippen LogP contribution in [0, 0.1) is 23.6 Å². The van der Waals surface area contributed by atoms with E-state index in [4.69, 9.17) is 0 Å². The van der Waals surface area contributed by atoms with Crippen molar-refractivity contribution >= 4 is 17.3 Å². The Bertz CT molecular complexity index is 1040. The number of hydrogen-bond donors (Lipinski definition) is 1. The predicted molar refractivity (Wildman–Crippen MR) is 144 cm³/mol. The third kappa shape index (κ3) is 6.62. The van der Waals surface area contributed by atoms with E-state index >= 15 is 0 Å². The number of rotatable bonds is 11. The van der Waals surface area contributed by atoms with Crippen LogP contribution in [0.5, 0.6) is 0 Å². The molecule has 0 spiro atoms. The molecule has 1 aliphatic carbocycles. The van der Waals surface area contributed by atoms with Crippen molar-refractivity contribution in [3.05, 3.63) is 58.0 Å². The standard InChI is InChI=1S/C30H39F3N2O2S/c31-26-6-4-25(5-7-26)30(32,33)12-8-21-9-13-34(14-10-21)17-24-18-35(19-27(24)23-11-15-38-20-23)28(29(36)37)16-22-2-1-3-22/h4-7,11,15,20-22,24,27-28H,1-3,8-10,12-14,16-19H2,(H,36,37). The second kappa shape index (κ2) is 12.1. The summed E-state index contributed by atoms with van der Waals surface area (Å²) in [5.41, 5.74) is 1.20. The normalized spacial score (nSPS) is 24.9. The van der Waals surface area contributed by atoms with Gasteiger partial charge in [-0.2, -0.15) is 11.3 Å². The van der Waals surface area contributed by atoms with Crippen LogP contribution in [0.3, 0.4) is 0 Å². The van der Waals surface area contributed by atoms with E-state index in [0.29, 0.717) is 24.2 Å². The average Bonchev–Trinajstić information content (AvgIpc) is 3.53. The van der Waals surface area contributed by atoms with Gasteiger partial charge in [0.2, 0.25) is 0 Å². The Labute approximate surface area is 227 Å². The van der Waals surface area contributed by atoms with Gasteiger partial charge in [0.1, 0.15) is 11.9 Å². The van der Waals surface area contributed by atoms with E-state index in [1.165, 1.54) is 24.1 Å². The largest absolute Gasteiger partial charge is 0.480 e. The maximum Gasteiger partial charge on any atom is 0.320 e. The molecular weight excluding hydrogens is 509 g/mol. The minimum atomic E-state index is -2.94. The van der Waals surface area contributed by atoms with Gasteiger partial charge in [0.05, 0.1) is 0 Å². The Hall–Kier alpha value is -1.90. The summed E-state index contributed by atoms with van der Waals surface area (Å²) in [4.78, 5) is 16.9. The number of carboxylic acid groups (broad SMARTS) is 1. The lowest BCUT2D eigenvalue weighted by Gasteiger charge is -2.35. The Morgan fingerprint density at radius 2 is 1.79 bits per heavy atom. The number of thiophene rings is 1. The van der Waals surface area contributed by atoms with Crippen molar-refractivity contribution in [2.24, 2.45) is 17.8 Å².